The minimum atomic E-state index is -0.617. The molecule has 6 nitrogen and oxygen atoms in total. The van der Waals surface area contributed by atoms with Crippen molar-refractivity contribution in [2.75, 3.05) is 11.9 Å². The normalized spacial score (nSPS) is 10.2. The Balaban J connectivity index is 1.58. The highest BCUT2D eigenvalue weighted by Gasteiger charge is 2.16. The summed E-state index contributed by atoms with van der Waals surface area (Å²) in [6.07, 6.45) is 1.34. The SMILES string of the molecule is N#Cc1ccc(CSc2ccccc2C(=O)OCC(=O)Nc2ncc(Cl)cc2Cl)cc1. The molecule has 0 spiro atoms. The van der Waals surface area contributed by atoms with Crippen LogP contribution in [0.1, 0.15) is 21.5 Å². The summed E-state index contributed by atoms with van der Waals surface area (Å²) in [5.74, 6) is -0.455. The summed E-state index contributed by atoms with van der Waals surface area (Å²) in [6, 6.07) is 17.7. The Hall–Kier alpha value is -3.05. The summed E-state index contributed by atoms with van der Waals surface area (Å²) in [4.78, 5) is 29.2. The van der Waals surface area contributed by atoms with E-state index in [9.17, 15) is 9.59 Å². The van der Waals surface area contributed by atoms with Crippen LogP contribution in [0, 0.1) is 11.3 Å². The largest absolute Gasteiger partial charge is 0.452 e. The number of pyridine rings is 1. The van der Waals surface area contributed by atoms with Crippen molar-refractivity contribution in [1.82, 2.24) is 4.98 Å². The molecule has 3 rings (SSSR count). The third kappa shape index (κ3) is 6.46. The highest BCUT2D eigenvalue weighted by atomic mass is 35.5. The number of nitrogens with zero attached hydrogens (tertiary/aromatic N) is 2. The number of nitrogens with one attached hydrogen (secondary N) is 1. The van der Waals surface area contributed by atoms with Gasteiger partial charge in [0.25, 0.3) is 5.91 Å². The Labute approximate surface area is 193 Å². The van der Waals surface area contributed by atoms with E-state index in [0.29, 0.717) is 21.9 Å². The number of esters is 1. The first-order valence-corrected chi connectivity index (χ1v) is 10.7. The van der Waals surface area contributed by atoms with Crippen LogP contribution < -0.4 is 5.32 Å². The molecule has 0 atom stereocenters. The van der Waals surface area contributed by atoms with E-state index in [-0.39, 0.29) is 10.8 Å². The van der Waals surface area contributed by atoms with Crippen molar-refractivity contribution in [3.05, 3.63) is 87.5 Å². The predicted molar refractivity (Wildman–Crippen MR) is 120 cm³/mol. The van der Waals surface area contributed by atoms with E-state index >= 15 is 0 Å². The first-order valence-electron chi connectivity index (χ1n) is 8.95. The number of amides is 1. The second-order valence-corrected chi connectivity index (χ2v) is 8.06. The molecule has 0 unspecified atom stereocenters. The molecule has 3 aromatic rings. The smallest absolute Gasteiger partial charge is 0.339 e. The lowest BCUT2D eigenvalue weighted by molar-refractivity contribution is -0.119. The van der Waals surface area contributed by atoms with Crippen molar-refractivity contribution < 1.29 is 14.3 Å². The fourth-order valence-electron chi connectivity index (χ4n) is 2.48. The van der Waals surface area contributed by atoms with E-state index in [2.05, 4.69) is 16.4 Å². The zero-order chi connectivity index (χ0) is 22.2. The first kappa shape index (κ1) is 22.6. The molecular formula is C22H15Cl2N3O3S. The molecule has 1 N–H and O–H groups in total. The minimum Gasteiger partial charge on any atom is -0.452 e. The number of hydrogen-bond donors (Lipinski definition) is 1. The van der Waals surface area contributed by atoms with Crippen LogP contribution >= 0.6 is 35.0 Å². The van der Waals surface area contributed by atoms with Crippen molar-refractivity contribution in [2.24, 2.45) is 0 Å². The summed E-state index contributed by atoms with van der Waals surface area (Å²) in [7, 11) is 0. The van der Waals surface area contributed by atoms with Gasteiger partial charge in [0.1, 0.15) is 0 Å². The second-order valence-electron chi connectivity index (χ2n) is 6.20. The number of aromatic nitrogens is 1. The van der Waals surface area contributed by atoms with Crippen LogP contribution in [0.25, 0.3) is 0 Å². The number of carbonyl (C=O) groups excluding carboxylic acids is 2. The van der Waals surface area contributed by atoms with Gasteiger partial charge in [-0.05, 0) is 35.9 Å². The van der Waals surface area contributed by atoms with Crippen LogP contribution in [0.3, 0.4) is 0 Å². The number of nitriles is 1. The molecule has 156 valence electrons. The zero-order valence-corrected chi connectivity index (χ0v) is 18.3. The highest BCUT2D eigenvalue weighted by molar-refractivity contribution is 7.98. The molecule has 1 aromatic heterocycles. The average Bonchev–Trinajstić information content (AvgIpc) is 2.78. The number of hydrogen-bond acceptors (Lipinski definition) is 6. The van der Waals surface area contributed by atoms with Gasteiger partial charge < -0.3 is 10.1 Å². The monoisotopic (exact) mass is 471 g/mol. The molecule has 0 bridgehead atoms. The molecule has 2 aromatic carbocycles. The molecule has 0 aliphatic rings. The second kappa shape index (κ2) is 10.8. The Morgan fingerprint density at radius 1 is 1.13 bits per heavy atom. The fourth-order valence-corrected chi connectivity index (χ4v) is 3.90. The third-order valence-electron chi connectivity index (χ3n) is 3.98. The maximum atomic E-state index is 12.5. The van der Waals surface area contributed by atoms with Gasteiger partial charge in [-0.2, -0.15) is 5.26 Å². The van der Waals surface area contributed by atoms with E-state index in [0.717, 1.165) is 10.5 Å². The number of thioether (sulfide) groups is 1. The van der Waals surface area contributed by atoms with Crippen LogP contribution in [0.5, 0.6) is 0 Å². The van der Waals surface area contributed by atoms with Crippen LogP contribution in [-0.2, 0) is 15.3 Å². The van der Waals surface area contributed by atoms with Gasteiger partial charge in [-0.3, -0.25) is 4.79 Å². The lowest BCUT2D eigenvalue weighted by Gasteiger charge is -2.10. The van der Waals surface area contributed by atoms with Crippen LogP contribution in [0.2, 0.25) is 10.0 Å². The summed E-state index contributed by atoms with van der Waals surface area (Å²) < 4.78 is 5.15. The molecular weight excluding hydrogens is 457 g/mol. The van der Waals surface area contributed by atoms with Crippen molar-refractivity contribution in [3.63, 3.8) is 0 Å². The number of benzene rings is 2. The molecule has 0 saturated heterocycles. The van der Waals surface area contributed by atoms with E-state index < -0.39 is 18.5 Å². The lowest BCUT2D eigenvalue weighted by Crippen LogP contribution is -2.21. The predicted octanol–water partition coefficient (Wildman–Crippen LogP) is 5.35. The Morgan fingerprint density at radius 3 is 2.58 bits per heavy atom. The van der Waals surface area contributed by atoms with Gasteiger partial charge >= 0.3 is 5.97 Å². The van der Waals surface area contributed by atoms with Crippen molar-refractivity contribution in [1.29, 1.82) is 5.26 Å². The van der Waals surface area contributed by atoms with Gasteiger partial charge in [0.05, 0.1) is 27.2 Å². The van der Waals surface area contributed by atoms with Gasteiger partial charge in [0.15, 0.2) is 12.4 Å². The number of halogens is 2. The van der Waals surface area contributed by atoms with Gasteiger partial charge in [0, 0.05) is 16.8 Å². The maximum Gasteiger partial charge on any atom is 0.339 e. The molecule has 0 aliphatic carbocycles. The van der Waals surface area contributed by atoms with Gasteiger partial charge in [-0.1, -0.05) is 47.5 Å². The standard InChI is InChI=1S/C22H15Cl2N3O3S/c23-16-9-18(24)21(26-11-16)27-20(28)12-30-22(29)17-3-1-2-4-19(17)31-13-15-7-5-14(10-25)6-8-15/h1-9,11H,12-13H2,(H,26,27,28). The number of rotatable bonds is 7. The molecule has 31 heavy (non-hydrogen) atoms. The number of anilines is 1. The van der Waals surface area contributed by atoms with Gasteiger partial charge in [-0.15, -0.1) is 11.8 Å². The topological polar surface area (TPSA) is 92.1 Å². The Morgan fingerprint density at radius 2 is 1.87 bits per heavy atom. The van der Waals surface area contributed by atoms with Crippen molar-refractivity contribution >= 4 is 52.7 Å². The Bertz CT molecular complexity index is 1150. The van der Waals surface area contributed by atoms with E-state index in [1.54, 1.807) is 24.3 Å². The lowest BCUT2D eigenvalue weighted by atomic mass is 10.2. The quantitative estimate of drug-likeness (QED) is 0.368. The fraction of sp³-hybridized carbons (Fsp3) is 0.0909. The summed E-state index contributed by atoms with van der Waals surface area (Å²) in [5.41, 5.74) is 1.96. The van der Waals surface area contributed by atoms with Crippen LogP contribution in [0.4, 0.5) is 5.82 Å². The highest BCUT2D eigenvalue weighted by Crippen LogP contribution is 2.27. The zero-order valence-electron chi connectivity index (χ0n) is 16.0. The third-order valence-corrected chi connectivity index (χ3v) is 5.62. The molecule has 0 radical (unpaired) electrons. The van der Waals surface area contributed by atoms with E-state index in [1.807, 2.05) is 24.3 Å². The summed E-state index contributed by atoms with van der Waals surface area (Å²) >= 11 is 13.2. The van der Waals surface area contributed by atoms with Crippen molar-refractivity contribution in [2.45, 2.75) is 10.6 Å². The van der Waals surface area contributed by atoms with Crippen LogP contribution in [-0.4, -0.2) is 23.5 Å². The summed E-state index contributed by atoms with van der Waals surface area (Å²) in [6.45, 7) is -0.492. The van der Waals surface area contributed by atoms with E-state index in [1.165, 1.54) is 24.0 Å². The minimum absolute atomic E-state index is 0.130. The average molecular weight is 472 g/mol. The molecule has 9 heteroatoms. The molecule has 0 saturated carbocycles. The maximum absolute atomic E-state index is 12.5. The molecule has 1 heterocycles. The first-order chi connectivity index (χ1) is 15.0. The van der Waals surface area contributed by atoms with Crippen LogP contribution in [0.15, 0.2) is 65.7 Å². The Kier molecular flexibility index (Phi) is 7.90. The van der Waals surface area contributed by atoms with E-state index in [4.69, 9.17) is 33.2 Å². The molecule has 0 fully saturated rings. The van der Waals surface area contributed by atoms with Gasteiger partial charge in [0.2, 0.25) is 0 Å². The number of ether oxygens (including phenoxy) is 1. The summed E-state index contributed by atoms with van der Waals surface area (Å²) in [5, 5.41) is 11.9. The van der Waals surface area contributed by atoms with Gasteiger partial charge in [-0.25, -0.2) is 9.78 Å². The van der Waals surface area contributed by atoms with Crippen molar-refractivity contribution in [3.8, 4) is 6.07 Å². The number of carbonyl (C=O) groups is 2. The molecule has 0 aliphatic heterocycles. The molecule has 1 amide bonds.